The average Bonchev–Trinajstić information content (AvgIpc) is 3.05. The molecule has 1 amide bonds. The lowest BCUT2D eigenvalue weighted by Crippen LogP contribution is -2.51. The molecule has 1 aromatic rings. The summed E-state index contributed by atoms with van der Waals surface area (Å²) in [5, 5.41) is 3.29. The molecule has 0 saturated carbocycles. The number of hydrogen-bond acceptors (Lipinski definition) is 5. The minimum atomic E-state index is -3.54. The van der Waals surface area contributed by atoms with Crippen LogP contribution in [0.5, 0.6) is 0 Å². The molecule has 2 heterocycles. The van der Waals surface area contributed by atoms with Gasteiger partial charge in [-0.05, 0) is 50.0 Å². The molecule has 152 valence electrons. The SMILES string of the molecule is COCC1(C(=O)N2CCc3ccc(S(=O)(=O)N(C)C)cc32)CCNCC1.Cl. The smallest absolute Gasteiger partial charge is 0.242 e. The lowest BCUT2D eigenvalue weighted by molar-refractivity contribution is -0.133. The number of nitrogens with zero attached hydrogens (tertiary/aromatic N) is 2. The molecular formula is C18H28ClN3O4S. The van der Waals surface area contributed by atoms with Crippen LogP contribution in [0.4, 0.5) is 5.69 Å². The van der Waals surface area contributed by atoms with Gasteiger partial charge in [-0.2, -0.15) is 0 Å². The van der Waals surface area contributed by atoms with Crippen LogP contribution in [0.15, 0.2) is 23.1 Å². The predicted octanol–water partition coefficient (Wildman–Crippen LogP) is 1.26. The van der Waals surface area contributed by atoms with Crippen LogP contribution in [0.2, 0.25) is 0 Å². The van der Waals surface area contributed by atoms with Gasteiger partial charge in [-0.15, -0.1) is 12.4 Å². The summed E-state index contributed by atoms with van der Waals surface area (Å²) in [6, 6.07) is 5.08. The summed E-state index contributed by atoms with van der Waals surface area (Å²) in [6.07, 6.45) is 2.19. The van der Waals surface area contributed by atoms with Gasteiger partial charge in [0.15, 0.2) is 0 Å². The van der Waals surface area contributed by atoms with E-state index >= 15 is 0 Å². The van der Waals surface area contributed by atoms with Crippen molar-refractivity contribution in [2.75, 3.05) is 52.3 Å². The number of amides is 1. The molecule has 27 heavy (non-hydrogen) atoms. The van der Waals surface area contributed by atoms with Crippen molar-refractivity contribution in [1.82, 2.24) is 9.62 Å². The van der Waals surface area contributed by atoms with E-state index in [9.17, 15) is 13.2 Å². The summed E-state index contributed by atoms with van der Waals surface area (Å²) in [6.45, 7) is 2.53. The third-order valence-corrected chi connectivity index (χ3v) is 7.22. The maximum Gasteiger partial charge on any atom is 0.242 e. The minimum absolute atomic E-state index is 0. The Morgan fingerprint density at radius 1 is 1.30 bits per heavy atom. The van der Waals surface area contributed by atoms with Gasteiger partial charge in [0.05, 0.1) is 16.9 Å². The van der Waals surface area contributed by atoms with E-state index < -0.39 is 15.4 Å². The van der Waals surface area contributed by atoms with E-state index in [0.29, 0.717) is 18.8 Å². The number of methoxy groups -OCH3 is 1. The zero-order chi connectivity index (χ0) is 18.9. The number of carbonyl (C=O) groups excluding carboxylic acids is 1. The van der Waals surface area contributed by atoms with Crippen LogP contribution in [-0.4, -0.2) is 66.1 Å². The molecule has 1 aromatic carbocycles. The Morgan fingerprint density at radius 2 is 1.96 bits per heavy atom. The first-order chi connectivity index (χ1) is 12.3. The molecular weight excluding hydrogens is 390 g/mol. The van der Waals surface area contributed by atoms with Crippen LogP contribution in [0, 0.1) is 5.41 Å². The summed E-state index contributed by atoms with van der Waals surface area (Å²) in [5.41, 5.74) is 1.18. The molecule has 0 aliphatic carbocycles. The van der Waals surface area contributed by atoms with Crippen LogP contribution in [0.1, 0.15) is 18.4 Å². The molecule has 0 radical (unpaired) electrons. The van der Waals surface area contributed by atoms with Gasteiger partial charge in [0, 0.05) is 33.4 Å². The van der Waals surface area contributed by atoms with Crippen molar-refractivity contribution in [3.8, 4) is 0 Å². The van der Waals surface area contributed by atoms with Gasteiger partial charge < -0.3 is 15.0 Å². The number of benzene rings is 1. The number of sulfonamides is 1. The number of fused-ring (bicyclic) bond motifs is 1. The van der Waals surface area contributed by atoms with Gasteiger partial charge >= 0.3 is 0 Å². The normalized spacial score (nSPS) is 18.9. The summed E-state index contributed by atoms with van der Waals surface area (Å²) in [5.74, 6) is 0.0407. The van der Waals surface area contributed by atoms with E-state index in [1.54, 1.807) is 24.1 Å². The van der Waals surface area contributed by atoms with Crippen LogP contribution in [0.25, 0.3) is 0 Å². The maximum absolute atomic E-state index is 13.4. The van der Waals surface area contributed by atoms with Crippen molar-refractivity contribution in [3.05, 3.63) is 23.8 Å². The number of anilines is 1. The van der Waals surface area contributed by atoms with E-state index in [2.05, 4.69) is 5.32 Å². The molecule has 1 saturated heterocycles. The lowest BCUT2D eigenvalue weighted by Gasteiger charge is -2.38. The average molecular weight is 418 g/mol. The van der Waals surface area contributed by atoms with Crippen molar-refractivity contribution < 1.29 is 17.9 Å². The van der Waals surface area contributed by atoms with Crippen LogP contribution in [-0.2, 0) is 26.0 Å². The standard InChI is InChI=1S/C18H27N3O4S.ClH/c1-20(2)26(23,24)15-5-4-14-6-11-21(16(14)12-15)17(22)18(13-25-3)7-9-19-10-8-18;/h4-5,12,19H,6-11,13H2,1-3H3;1H. The Kier molecular flexibility index (Phi) is 6.91. The van der Waals surface area contributed by atoms with E-state index in [1.807, 2.05) is 6.07 Å². The molecule has 2 aliphatic heterocycles. The molecule has 1 fully saturated rings. The number of nitrogens with one attached hydrogen (secondary N) is 1. The van der Waals surface area contributed by atoms with E-state index in [4.69, 9.17) is 4.74 Å². The molecule has 0 atom stereocenters. The van der Waals surface area contributed by atoms with Crippen LogP contribution in [0.3, 0.4) is 0 Å². The number of ether oxygens (including phenoxy) is 1. The molecule has 3 rings (SSSR count). The van der Waals surface area contributed by atoms with Gasteiger partial charge in [0.1, 0.15) is 0 Å². The van der Waals surface area contributed by atoms with Gasteiger partial charge in [-0.1, -0.05) is 6.07 Å². The van der Waals surface area contributed by atoms with Gasteiger partial charge in [0.2, 0.25) is 15.9 Å². The maximum atomic E-state index is 13.4. The van der Waals surface area contributed by atoms with Crippen molar-refractivity contribution in [3.63, 3.8) is 0 Å². The minimum Gasteiger partial charge on any atom is -0.384 e. The molecule has 9 heteroatoms. The highest BCUT2D eigenvalue weighted by Gasteiger charge is 2.44. The van der Waals surface area contributed by atoms with Crippen molar-refractivity contribution in [1.29, 1.82) is 0 Å². The van der Waals surface area contributed by atoms with Crippen molar-refractivity contribution in [2.24, 2.45) is 5.41 Å². The van der Waals surface area contributed by atoms with Gasteiger partial charge in [-0.25, -0.2) is 12.7 Å². The highest BCUT2D eigenvalue weighted by atomic mass is 35.5. The third-order valence-electron chi connectivity index (χ3n) is 5.41. The van der Waals surface area contributed by atoms with E-state index in [0.717, 1.165) is 37.9 Å². The molecule has 0 unspecified atom stereocenters. The molecule has 2 aliphatic rings. The zero-order valence-corrected chi connectivity index (χ0v) is 17.7. The quantitative estimate of drug-likeness (QED) is 0.780. The van der Waals surface area contributed by atoms with Gasteiger partial charge in [-0.3, -0.25) is 4.79 Å². The number of carbonyl (C=O) groups is 1. The summed E-state index contributed by atoms with van der Waals surface area (Å²) in [7, 11) is 1.10. The highest BCUT2D eigenvalue weighted by molar-refractivity contribution is 7.89. The third kappa shape index (κ3) is 4.00. The van der Waals surface area contributed by atoms with Gasteiger partial charge in [0.25, 0.3) is 0 Å². The Morgan fingerprint density at radius 3 is 2.56 bits per heavy atom. The summed E-state index contributed by atoms with van der Waals surface area (Å²) in [4.78, 5) is 15.4. The van der Waals surface area contributed by atoms with Crippen molar-refractivity contribution in [2.45, 2.75) is 24.2 Å². The zero-order valence-electron chi connectivity index (χ0n) is 16.0. The fourth-order valence-corrected chi connectivity index (χ4v) is 4.75. The largest absolute Gasteiger partial charge is 0.384 e. The monoisotopic (exact) mass is 417 g/mol. The second kappa shape index (κ2) is 8.45. The number of piperidine rings is 1. The first-order valence-corrected chi connectivity index (χ1v) is 10.3. The molecule has 7 nitrogen and oxygen atoms in total. The Balaban J connectivity index is 0.00000261. The van der Waals surface area contributed by atoms with Crippen LogP contribution < -0.4 is 10.2 Å². The topological polar surface area (TPSA) is 79.0 Å². The predicted molar refractivity (Wildman–Crippen MR) is 107 cm³/mol. The number of rotatable bonds is 5. The van der Waals surface area contributed by atoms with Crippen LogP contribution >= 0.6 is 12.4 Å². The molecule has 0 spiro atoms. The molecule has 0 aromatic heterocycles. The lowest BCUT2D eigenvalue weighted by atomic mass is 9.78. The highest BCUT2D eigenvalue weighted by Crippen LogP contribution is 2.38. The Hall–Kier alpha value is -1.19. The van der Waals surface area contributed by atoms with E-state index in [-0.39, 0.29) is 23.2 Å². The Labute approximate surface area is 167 Å². The molecule has 1 N–H and O–H groups in total. The van der Waals surface area contributed by atoms with Crippen molar-refractivity contribution >= 4 is 34.0 Å². The second-order valence-electron chi connectivity index (χ2n) is 7.25. The summed E-state index contributed by atoms with van der Waals surface area (Å²) >= 11 is 0. The molecule has 0 bridgehead atoms. The second-order valence-corrected chi connectivity index (χ2v) is 9.40. The van der Waals surface area contributed by atoms with E-state index in [1.165, 1.54) is 18.4 Å². The number of halogens is 1. The first kappa shape index (κ1) is 22.1. The fraction of sp³-hybridized carbons (Fsp3) is 0.611. The first-order valence-electron chi connectivity index (χ1n) is 8.89. The summed E-state index contributed by atoms with van der Waals surface area (Å²) < 4.78 is 31.5. The number of hydrogen-bond donors (Lipinski definition) is 1. The Bertz CT molecular complexity index is 786. The fourth-order valence-electron chi connectivity index (χ4n) is 3.83.